The van der Waals surface area contributed by atoms with Gasteiger partial charge in [-0.3, -0.25) is 14.6 Å². The Morgan fingerprint density at radius 2 is 1.90 bits per heavy atom. The predicted octanol–water partition coefficient (Wildman–Crippen LogP) is 4.28. The molecule has 1 fully saturated rings. The predicted molar refractivity (Wildman–Crippen MR) is 103 cm³/mol. The monoisotopic (exact) mass is 401 g/mol. The van der Waals surface area contributed by atoms with Crippen molar-refractivity contribution in [1.82, 2.24) is 24.6 Å². The van der Waals surface area contributed by atoms with Crippen molar-refractivity contribution in [3.8, 4) is 11.3 Å². The summed E-state index contributed by atoms with van der Waals surface area (Å²) in [5, 5.41) is 4.21. The number of likely N-dealkylation sites (tertiary alicyclic amines) is 1. The maximum atomic E-state index is 13.0. The van der Waals surface area contributed by atoms with Gasteiger partial charge in [-0.25, -0.2) is 4.98 Å². The fourth-order valence-electron chi connectivity index (χ4n) is 3.77. The summed E-state index contributed by atoms with van der Waals surface area (Å²) < 4.78 is 40.8. The third-order valence-electron chi connectivity index (χ3n) is 5.31. The summed E-state index contributed by atoms with van der Waals surface area (Å²) in [6, 6.07) is 5.24. The molecular weight excluding hydrogens is 379 g/mol. The molecule has 1 saturated heterocycles. The van der Waals surface area contributed by atoms with E-state index < -0.39 is 11.7 Å². The second kappa shape index (κ2) is 7.94. The van der Waals surface area contributed by atoms with E-state index in [4.69, 9.17) is 0 Å². The molecule has 8 heteroatoms. The summed E-state index contributed by atoms with van der Waals surface area (Å²) in [5.74, 6) is 0.262. The van der Waals surface area contributed by atoms with Crippen LogP contribution in [0, 0.1) is 0 Å². The Bertz CT molecular complexity index is 974. The molecule has 3 aromatic rings. The van der Waals surface area contributed by atoms with Crippen LogP contribution in [0.4, 0.5) is 13.2 Å². The number of alkyl halides is 3. The molecule has 0 N–H and O–H groups in total. The maximum absolute atomic E-state index is 13.0. The molecular formula is C21H22F3N5. The van der Waals surface area contributed by atoms with Crippen molar-refractivity contribution in [1.29, 1.82) is 0 Å². The Kier molecular flexibility index (Phi) is 5.36. The molecule has 0 saturated carbocycles. The van der Waals surface area contributed by atoms with Crippen molar-refractivity contribution < 1.29 is 13.2 Å². The fourth-order valence-corrected chi connectivity index (χ4v) is 3.77. The third-order valence-corrected chi connectivity index (χ3v) is 5.31. The van der Waals surface area contributed by atoms with Gasteiger partial charge in [0, 0.05) is 43.0 Å². The summed E-state index contributed by atoms with van der Waals surface area (Å²) >= 11 is 0. The highest BCUT2D eigenvalue weighted by Crippen LogP contribution is 2.32. The van der Waals surface area contributed by atoms with Gasteiger partial charge in [0.1, 0.15) is 0 Å². The third kappa shape index (κ3) is 4.64. The average Bonchev–Trinajstić information content (AvgIpc) is 3.13. The molecule has 0 unspecified atom stereocenters. The molecule has 0 radical (unpaired) electrons. The van der Waals surface area contributed by atoms with Gasteiger partial charge in [0.25, 0.3) is 0 Å². The van der Waals surface area contributed by atoms with Crippen molar-refractivity contribution in [2.24, 2.45) is 7.05 Å². The molecule has 0 aliphatic carbocycles. The topological polar surface area (TPSA) is 46.8 Å². The second-order valence-corrected chi connectivity index (χ2v) is 7.48. The normalized spacial score (nSPS) is 16.3. The van der Waals surface area contributed by atoms with E-state index in [0.717, 1.165) is 50.3 Å². The lowest BCUT2D eigenvalue weighted by Crippen LogP contribution is -2.32. The van der Waals surface area contributed by atoms with Crippen molar-refractivity contribution >= 4 is 0 Å². The van der Waals surface area contributed by atoms with Crippen LogP contribution < -0.4 is 0 Å². The minimum absolute atomic E-state index is 0.262. The quantitative estimate of drug-likeness (QED) is 0.655. The first kappa shape index (κ1) is 19.6. The fraction of sp³-hybridized carbons (Fsp3) is 0.381. The SMILES string of the molecule is Cn1cc(CN2CCC(c3cncc(-c4cccc(C(F)(F)F)c4)n3)CC2)cn1. The van der Waals surface area contributed by atoms with Crippen LogP contribution in [-0.2, 0) is 19.8 Å². The molecule has 0 amide bonds. The standard InChI is InChI=1S/C21H22F3N5/c1-28-13-15(10-26-28)14-29-7-5-16(6-8-29)19-11-25-12-20(27-19)17-3-2-4-18(9-17)21(22,23)24/h2-4,9-13,16H,5-8,14H2,1H3. The molecule has 0 spiro atoms. The molecule has 4 rings (SSSR count). The van der Waals surface area contributed by atoms with Crippen LogP contribution in [0.3, 0.4) is 0 Å². The lowest BCUT2D eigenvalue weighted by molar-refractivity contribution is -0.137. The van der Waals surface area contributed by atoms with Crippen LogP contribution in [0.25, 0.3) is 11.3 Å². The molecule has 1 aliphatic heterocycles. The second-order valence-electron chi connectivity index (χ2n) is 7.48. The summed E-state index contributed by atoms with van der Waals surface area (Å²) in [6.07, 6.45) is 4.69. The van der Waals surface area contributed by atoms with Gasteiger partial charge in [-0.15, -0.1) is 0 Å². The Balaban J connectivity index is 1.44. The molecule has 0 bridgehead atoms. The Morgan fingerprint density at radius 1 is 1.10 bits per heavy atom. The van der Waals surface area contributed by atoms with Crippen molar-refractivity contribution in [2.75, 3.05) is 13.1 Å². The van der Waals surface area contributed by atoms with Crippen LogP contribution >= 0.6 is 0 Å². The summed E-state index contributed by atoms with van der Waals surface area (Å²) in [5.41, 5.74) is 2.28. The van der Waals surface area contributed by atoms with Gasteiger partial charge >= 0.3 is 6.18 Å². The number of hydrogen-bond donors (Lipinski definition) is 0. The van der Waals surface area contributed by atoms with Gasteiger partial charge in [0.05, 0.1) is 29.3 Å². The number of aromatic nitrogens is 4. The van der Waals surface area contributed by atoms with Gasteiger partial charge in [-0.05, 0) is 38.1 Å². The molecule has 29 heavy (non-hydrogen) atoms. The maximum Gasteiger partial charge on any atom is 0.416 e. The number of hydrogen-bond acceptors (Lipinski definition) is 4. The Morgan fingerprint density at radius 3 is 2.59 bits per heavy atom. The van der Waals surface area contributed by atoms with Crippen LogP contribution in [0.15, 0.2) is 49.1 Å². The Hall–Kier alpha value is -2.74. The highest BCUT2D eigenvalue weighted by atomic mass is 19.4. The number of nitrogens with zero attached hydrogens (tertiary/aromatic N) is 5. The Labute approximate surface area is 167 Å². The summed E-state index contributed by atoms with van der Waals surface area (Å²) in [7, 11) is 1.91. The minimum atomic E-state index is -4.37. The van der Waals surface area contributed by atoms with Gasteiger partial charge in [-0.2, -0.15) is 18.3 Å². The number of aryl methyl sites for hydroxylation is 1. The van der Waals surface area contributed by atoms with Crippen LogP contribution in [0.2, 0.25) is 0 Å². The average molecular weight is 401 g/mol. The molecule has 152 valence electrons. The highest BCUT2D eigenvalue weighted by Gasteiger charge is 2.30. The lowest BCUT2D eigenvalue weighted by Gasteiger charge is -2.31. The summed E-state index contributed by atoms with van der Waals surface area (Å²) in [6.45, 7) is 2.75. The van der Waals surface area contributed by atoms with Gasteiger partial charge in [0.15, 0.2) is 0 Å². The zero-order chi connectivity index (χ0) is 20.4. The molecule has 0 atom stereocenters. The van der Waals surface area contributed by atoms with Crippen LogP contribution in [0.1, 0.15) is 35.6 Å². The zero-order valence-corrected chi connectivity index (χ0v) is 16.1. The molecule has 5 nitrogen and oxygen atoms in total. The van der Waals surface area contributed by atoms with Crippen LogP contribution in [0.5, 0.6) is 0 Å². The van der Waals surface area contributed by atoms with Gasteiger partial charge < -0.3 is 0 Å². The van der Waals surface area contributed by atoms with Crippen molar-refractivity contribution in [3.63, 3.8) is 0 Å². The molecule has 2 aromatic heterocycles. The van der Waals surface area contributed by atoms with E-state index in [0.29, 0.717) is 11.3 Å². The zero-order valence-electron chi connectivity index (χ0n) is 16.1. The van der Waals surface area contributed by atoms with Gasteiger partial charge in [0.2, 0.25) is 0 Å². The van der Waals surface area contributed by atoms with Crippen molar-refractivity contribution in [2.45, 2.75) is 31.5 Å². The first-order chi connectivity index (χ1) is 13.9. The number of benzene rings is 1. The van der Waals surface area contributed by atoms with E-state index in [-0.39, 0.29) is 5.92 Å². The highest BCUT2D eigenvalue weighted by molar-refractivity contribution is 5.59. The molecule has 1 aromatic carbocycles. The van der Waals surface area contributed by atoms with E-state index in [2.05, 4.69) is 20.0 Å². The van der Waals surface area contributed by atoms with E-state index in [9.17, 15) is 13.2 Å². The minimum Gasteiger partial charge on any atom is -0.299 e. The van der Waals surface area contributed by atoms with Crippen molar-refractivity contribution in [3.05, 3.63) is 65.9 Å². The smallest absolute Gasteiger partial charge is 0.299 e. The first-order valence-corrected chi connectivity index (χ1v) is 9.58. The van der Waals surface area contributed by atoms with Gasteiger partial charge in [-0.1, -0.05) is 12.1 Å². The van der Waals surface area contributed by atoms with E-state index in [1.54, 1.807) is 16.9 Å². The van der Waals surface area contributed by atoms with E-state index in [1.807, 2.05) is 19.4 Å². The molecule has 3 heterocycles. The lowest BCUT2D eigenvalue weighted by atomic mass is 9.93. The first-order valence-electron chi connectivity index (χ1n) is 9.58. The van der Waals surface area contributed by atoms with E-state index >= 15 is 0 Å². The molecule has 1 aliphatic rings. The summed E-state index contributed by atoms with van der Waals surface area (Å²) in [4.78, 5) is 11.3. The number of halogens is 3. The number of piperidine rings is 1. The van der Waals surface area contributed by atoms with E-state index in [1.165, 1.54) is 17.8 Å². The number of rotatable bonds is 4. The van der Waals surface area contributed by atoms with Crippen LogP contribution in [-0.4, -0.2) is 37.7 Å². The largest absolute Gasteiger partial charge is 0.416 e.